The Labute approximate surface area is 129 Å². The first-order chi connectivity index (χ1) is 10.7. The van der Waals surface area contributed by atoms with Gasteiger partial charge in [-0.25, -0.2) is 4.79 Å². The van der Waals surface area contributed by atoms with E-state index in [1.54, 1.807) is 16.7 Å². The number of carbonyl (C=O) groups is 2. The second-order valence-electron chi connectivity index (χ2n) is 5.43. The van der Waals surface area contributed by atoms with Crippen molar-refractivity contribution in [3.05, 3.63) is 29.8 Å². The number of carbonyl (C=O) groups excluding carboxylic acids is 2. The lowest BCUT2D eigenvalue weighted by Gasteiger charge is -2.35. The Balaban J connectivity index is 1.54. The summed E-state index contributed by atoms with van der Waals surface area (Å²) in [6, 6.07) is 7.74. The molecule has 0 spiro atoms. The quantitative estimate of drug-likeness (QED) is 0.826. The topological polar surface area (TPSA) is 59.1 Å². The first-order valence-corrected chi connectivity index (χ1v) is 7.64. The predicted octanol–water partition coefficient (Wildman–Crippen LogP) is 1.29. The van der Waals surface area contributed by atoms with Gasteiger partial charge in [-0.15, -0.1) is 0 Å². The molecule has 0 aromatic heterocycles. The van der Waals surface area contributed by atoms with Crippen LogP contribution in [-0.4, -0.2) is 60.7 Å². The van der Waals surface area contributed by atoms with E-state index in [-0.39, 0.29) is 12.0 Å². The summed E-state index contributed by atoms with van der Waals surface area (Å²) in [4.78, 5) is 27.6. The first kappa shape index (κ1) is 14.7. The average Bonchev–Trinajstić information content (AvgIpc) is 2.98. The van der Waals surface area contributed by atoms with Crippen LogP contribution in [0.3, 0.4) is 0 Å². The molecule has 1 atom stereocenters. The second-order valence-corrected chi connectivity index (χ2v) is 5.43. The average molecular weight is 304 g/mol. The molecular weight excluding hydrogens is 284 g/mol. The van der Waals surface area contributed by atoms with Crippen molar-refractivity contribution >= 4 is 12.0 Å². The number of ether oxygens (including phenoxy) is 2. The SMILES string of the molecule is CCOC(=O)N1CCN(C(=O)C2Cc3ccccc3O2)CC1. The van der Waals surface area contributed by atoms with Crippen LogP contribution in [0, 0.1) is 0 Å². The van der Waals surface area contributed by atoms with Gasteiger partial charge in [0.15, 0.2) is 6.10 Å². The Morgan fingerprint density at radius 1 is 1.18 bits per heavy atom. The van der Waals surface area contributed by atoms with E-state index in [9.17, 15) is 9.59 Å². The van der Waals surface area contributed by atoms with E-state index in [4.69, 9.17) is 9.47 Å². The largest absolute Gasteiger partial charge is 0.480 e. The molecule has 1 unspecified atom stereocenters. The van der Waals surface area contributed by atoms with Crippen LogP contribution in [0.5, 0.6) is 5.75 Å². The smallest absolute Gasteiger partial charge is 0.409 e. The Hall–Kier alpha value is -2.24. The number of rotatable bonds is 2. The fraction of sp³-hybridized carbons (Fsp3) is 0.500. The van der Waals surface area contributed by atoms with Gasteiger partial charge in [0.25, 0.3) is 5.91 Å². The van der Waals surface area contributed by atoms with E-state index in [0.29, 0.717) is 39.2 Å². The van der Waals surface area contributed by atoms with Crippen molar-refractivity contribution in [1.29, 1.82) is 0 Å². The Bertz CT molecular complexity index is 542. The number of nitrogens with zero attached hydrogens (tertiary/aromatic N) is 2. The Morgan fingerprint density at radius 3 is 2.55 bits per heavy atom. The van der Waals surface area contributed by atoms with Gasteiger partial charge in [-0.3, -0.25) is 4.79 Å². The van der Waals surface area contributed by atoms with Crippen LogP contribution in [0.2, 0.25) is 0 Å². The molecule has 3 rings (SSSR count). The summed E-state index contributed by atoms with van der Waals surface area (Å²) in [7, 11) is 0. The predicted molar refractivity (Wildman–Crippen MR) is 79.7 cm³/mol. The number of amides is 2. The minimum absolute atomic E-state index is 0.000270. The van der Waals surface area contributed by atoms with Crippen molar-refractivity contribution in [2.75, 3.05) is 32.8 Å². The van der Waals surface area contributed by atoms with Crippen LogP contribution in [0.25, 0.3) is 0 Å². The summed E-state index contributed by atoms with van der Waals surface area (Å²) in [5.41, 5.74) is 1.08. The molecule has 2 amide bonds. The zero-order valence-corrected chi connectivity index (χ0v) is 12.7. The number of hydrogen-bond donors (Lipinski definition) is 0. The minimum atomic E-state index is -0.438. The molecule has 2 aliphatic rings. The number of fused-ring (bicyclic) bond motifs is 1. The summed E-state index contributed by atoms with van der Waals surface area (Å²) < 4.78 is 10.7. The molecule has 118 valence electrons. The highest BCUT2D eigenvalue weighted by atomic mass is 16.6. The molecule has 1 aromatic rings. The fourth-order valence-corrected chi connectivity index (χ4v) is 2.85. The molecule has 22 heavy (non-hydrogen) atoms. The first-order valence-electron chi connectivity index (χ1n) is 7.64. The molecule has 0 N–H and O–H groups in total. The van der Waals surface area contributed by atoms with Gasteiger partial charge in [-0.1, -0.05) is 18.2 Å². The normalized spacial score (nSPS) is 20.3. The highest BCUT2D eigenvalue weighted by molar-refractivity contribution is 5.83. The monoisotopic (exact) mass is 304 g/mol. The summed E-state index contributed by atoms with van der Waals surface area (Å²) in [6.07, 6.45) is -0.127. The molecule has 1 aromatic carbocycles. The molecular formula is C16H20N2O4. The second kappa shape index (κ2) is 6.25. The molecule has 0 radical (unpaired) electrons. The van der Waals surface area contributed by atoms with E-state index in [2.05, 4.69) is 0 Å². The van der Waals surface area contributed by atoms with Gasteiger partial charge in [0.2, 0.25) is 0 Å². The summed E-state index contributed by atoms with van der Waals surface area (Å²) in [5.74, 6) is 0.797. The van der Waals surface area contributed by atoms with Crippen LogP contribution < -0.4 is 4.74 Å². The molecule has 6 heteroatoms. The molecule has 0 aliphatic carbocycles. The van der Waals surface area contributed by atoms with Crippen LogP contribution in [-0.2, 0) is 16.0 Å². The third-order valence-electron chi connectivity index (χ3n) is 4.04. The molecule has 0 saturated carbocycles. The molecule has 2 heterocycles. The van der Waals surface area contributed by atoms with Crippen LogP contribution in [0.1, 0.15) is 12.5 Å². The lowest BCUT2D eigenvalue weighted by atomic mass is 10.1. The molecule has 1 saturated heterocycles. The van der Waals surface area contributed by atoms with Crippen LogP contribution in [0.4, 0.5) is 4.79 Å². The van der Waals surface area contributed by atoms with E-state index in [1.165, 1.54) is 0 Å². The highest BCUT2D eigenvalue weighted by Gasteiger charge is 2.34. The molecule has 0 bridgehead atoms. The molecule has 2 aliphatic heterocycles. The zero-order chi connectivity index (χ0) is 15.5. The van der Waals surface area contributed by atoms with Gasteiger partial charge in [-0.2, -0.15) is 0 Å². The van der Waals surface area contributed by atoms with E-state index >= 15 is 0 Å². The third-order valence-corrected chi connectivity index (χ3v) is 4.04. The van der Waals surface area contributed by atoms with Crippen LogP contribution >= 0.6 is 0 Å². The van der Waals surface area contributed by atoms with Crippen molar-refractivity contribution in [2.45, 2.75) is 19.4 Å². The number of hydrogen-bond acceptors (Lipinski definition) is 4. The fourth-order valence-electron chi connectivity index (χ4n) is 2.85. The maximum absolute atomic E-state index is 12.5. The number of benzene rings is 1. The summed E-state index contributed by atoms with van der Waals surface area (Å²) in [6.45, 7) is 4.20. The number of piperazine rings is 1. The van der Waals surface area contributed by atoms with Gasteiger partial charge in [-0.05, 0) is 18.6 Å². The Morgan fingerprint density at radius 2 is 1.86 bits per heavy atom. The maximum atomic E-state index is 12.5. The van der Waals surface area contributed by atoms with Crippen molar-refractivity contribution in [3.8, 4) is 5.75 Å². The van der Waals surface area contributed by atoms with Crippen molar-refractivity contribution in [2.24, 2.45) is 0 Å². The lowest BCUT2D eigenvalue weighted by Crippen LogP contribution is -2.53. The number of para-hydroxylation sites is 1. The standard InChI is InChI=1S/C16H20N2O4/c1-2-21-16(20)18-9-7-17(8-10-18)15(19)14-11-12-5-3-4-6-13(12)22-14/h3-6,14H,2,7-11H2,1H3. The highest BCUT2D eigenvalue weighted by Crippen LogP contribution is 2.29. The van der Waals surface area contributed by atoms with E-state index in [0.717, 1.165) is 11.3 Å². The molecule has 1 fully saturated rings. The van der Waals surface area contributed by atoms with Crippen molar-refractivity contribution in [1.82, 2.24) is 9.80 Å². The third kappa shape index (κ3) is 2.86. The summed E-state index contributed by atoms with van der Waals surface area (Å²) >= 11 is 0. The van der Waals surface area contributed by atoms with Gasteiger partial charge in [0, 0.05) is 32.6 Å². The van der Waals surface area contributed by atoms with Crippen molar-refractivity contribution < 1.29 is 19.1 Å². The summed E-state index contributed by atoms with van der Waals surface area (Å²) in [5, 5.41) is 0. The van der Waals surface area contributed by atoms with Gasteiger partial charge in [0.05, 0.1) is 6.61 Å². The van der Waals surface area contributed by atoms with Gasteiger partial charge in [0.1, 0.15) is 5.75 Å². The van der Waals surface area contributed by atoms with Crippen LogP contribution in [0.15, 0.2) is 24.3 Å². The van der Waals surface area contributed by atoms with Gasteiger partial charge >= 0.3 is 6.09 Å². The van der Waals surface area contributed by atoms with Crippen molar-refractivity contribution in [3.63, 3.8) is 0 Å². The maximum Gasteiger partial charge on any atom is 0.409 e. The van der Waals surface area contributed by atoms with E-state index in [1.807, 2.05) is 24.3 Å². The Kier molecular flexibility index (Phi) is 4.18. The zero-order valence-electron chi connectivity index (χ0n) is 12.7. The molecule has 6 nitrogen and oxygen atoms in total. The van der Waals surface area contributed by atoms with E-state index < -0.39 is 6.10 Å². The minimum Gasteiger partial charge on any atom is -0.480 e. The lowest BCUT2D eigenvalue weighted by molar-refractivity contribution is -0.139. The van der Waals surface area contributed by atoms with Gasteiger partial charge < -0.3 is 19.3 Å².